The number of methoxy groups -OCH3 is 2. The molecule has 0 radical (unpaired) electrons. The Labute approximate surface area is 210 Å². The van der Waals surface area contributed by atoms with Gasteiger partial charge in [0.15, 0.2) is 5.82 Å². The van der Waals surface area contributed by atoms with Crippen molar-refractivity contribution in [2.24, 2.45) is 0 Å². The summed E-state index contributed by atoms with van der Waals surface area (Å²) < 4.78 is 20.9. The van der Waals surface area contributed by atoms with E-state index in [1.54, 1.807) is 23.8 Å². The Balaban J connectivity index is 1.82. The average Bonchev–Trinajstić information content (AvgIpc) is 3.46. The summed E-state index contributed by atoms with van der Waals surface area (Å²) in [5.41, 5.74) is 2.36. The Morgan fingerprint density at radius 3 is 2.46 bits per heavy atom. The molecule has 1 saturated carbocycles. The molecule has 1 aliphatic carbocycles. The highest BCUT2D eigenvalue weighted by atomic mass is 79.9. The summed E-state index contributed by atoms with van der Waals surface area (Å²) in [6.07, 6.45) is 1.48. The first-order valence-electron chi connectivity index (χ1n) is 11.3. The van der Waals surface area contributed by atoms with Crippen molar-refractivity contribution in [3.63, 3.8) is 0 Å². The molecule has 182 valence electrons. The number of hydrogen-bond acceptors (Lipinski definition) is 6. The van der Waals surface area contributed by atoms with Crippen LogP contribution in [-0.2, 0) is 9.47 Å². The van der Waals surface area contributed by atoms with Crippen LogP contribution in [0.15, 0.2) is 40.9 Å². The molecule has 4 aromatic rings. The second-order valence-corrected chi connectivity index (χ2v) is 10.5. The van der Waals surface area contributed by atoms with E-state index in [2.05, 4.69) is 20.5 Å². The molecule has 9 heteroatoms. The van der Waals surface area contributed by atoms with Gasteiger partial charge in [0.25, 0.3) is 0 Å². The smallest absolute Gasteiger partial charge is 0.419 e. The van der Waals surface area contributed by atoms with Gasteiger partial charge in [0.05, 0.1) is 36.5 Å². The maximum atomic E-state index is 13.5. The van der Waals surface area contributed by atoms with E-state index >= 15 is 0 Å². The summed E-state index contributed by atoms with van der Waals surface area (Å²) in [6, 6.07) is 11.3. The number of aromatic nitrogens is 3. The van der Waals surface area contributed by atoms with E-state index in [0.717, 1.165) is 28.2 Å². The fourth-order valence-electron chi connectivity index (χ4n) is 4.30. The standard InChI is InChI=1S/C26H26BrN3O5/c1-26(2,3)35-25(32)30-19-13-16(27)7-6-14(19)11-20(30)23-28-18-10-15(24(31)34-5)12-21(33-4)22(18)29(23)17-8-9-17/h6-7,10-13,17H,8-9H2,1-5H3. The molecule has 0 atom stereocenters. The third-order valence-corrected chi connectivity index (χ3v) is 6.37. The predicted octanol–water partition coefficient (Wildman–Crippen LogP) is 6.33. The molecule has 0 aliphatic heterocycles. The highest BCUT2D eigenvalue weighted by Gasteiger charge is 2.33. The molecule has 2 aromatic heterocycles. The van der Waals surface area contributed by atoms with Crippen LogP contribution in [0.4, 0.5) is 4.79 Å². The van der Waals surface area contributed by atoms with Gasteiger partial charge >= 0.3 is 12.1 Å². The summed E-state index contributed by atoms with van der Waals surface area (Å²) in [5, 5.41) is 0.880. The summed E-state index contributed by atoms with van der Waals surface area (Å²) in [5.74, 6) is 0.665. The number of nitrogens with zero attached hydrogens (tertiary/aromatic N) is 3. The second kappa shape index (κ2) is 8.41. The second-order valence-electron chi connectivity index (χ2n) is 9.62. The summed E-state index contributed by atoms with van der Waals surface area (Å²) in [6.45, 7) is 5.51. The Morgan fingerprint density at radius 1 is 1.09 bits per heavy atom. The van der Waals surface area contributed by atoms with Crippen LogP contribution in [0.5, 0.6) is 5.75 Å². The van der Waals surface area contributed by atoms with Crippen LogP contribution in [0.2, 0.25) is 0 Å². The zero-order chi connectivity index (χ0) is 25.1. The Bertz CT molecular complexity index is 1490. The first-order chi connectivity index (χ1) is 16.6. The maximum Gasteiger partial charge on any atom is 0.419 e. The first kappa shape index (κ1) is 23.4. The summed E-state index contributed by atoms with van der Waals surface area (Å²) in [4.78, 5) is 30.7. The molecule has 0 amide bonds. The van der Waals surface area contributed by atoms with Gasteiger partial charge in [-0.15, -0.1) is 0 Å². The monoisotopic (exact) mass is 539 g/mol. The molecule has 2 aromatic carbocycles. The maximum absolute atomic E-state index is 13.5. The molecule has 2 heterocycles. The van der Waals surface area contributed by atoms with Crippen molar-refractivity contribution in [3.05, 3.63) is 46.4 Å². The van der Waals surface area contributed by atoms with Crippen LogP contribution in [0.3, 0.4) is 0 Å². The Hall–Kier alpha value is -3.33. The Kier molecular flexibility index (Phi) is 5.62. The van der Waals surface area contributed by atoms with Gasteiger partial charge in [0.2, 0.25) is 0 Å². The molecular weight excluding hydrogens is 514 g/mol. The van der Waals surface area contributed by atoms with E-state index in [1.807, 2.05) is 45.0 Å². The van der Waals surface area contributed by atoms with E-state index in [0.29, 0.717) is 33.9 Å². The van der Waals surface area contributed by atoms with Gasteiger partial charge in [-0.05, 0) is 63.9 Å². The highest BCUT2D eigenvalue weighted by Crippen LogP contribution is 2.45. The van der Waals surface area contributed by atoms with Gasteiger partial charge in [0.1, 0.15) is 16.9 Å². The van der Waals surface area contributed by atoms with E-state index < -0.39 is 17.7 Å². The number of benzene rings is 2. The van der Waals surface area contributed by atoms with Gasteiger partial charge in [-0.1, -0.05) is 22.0 Å². The molecule has 1 fully saturated rings. The SMILES string of the molecule is COC(=O)c1cc(OC)c2c(c1)nc(-c1cc3ccc(Br)cc3n1C(=O)OC(C)(C)C)n2C1CC1. The molecule has 0 unspecified atom stereocenters. The molecule has 35 heavy (non-hydrogen) atoms. The van der Waals surface area contributed by atoms with Crippen molar-refractivity contribution in [1.29, 1.82) is 0 Å². The lowest BCUT2D eigenvalue weighted by Gasteiger charge is -2.21. The average molecular weight is 540 g/mol. The minimum Gasteiger partial charge on any atom is -0.494 e. The minimum absolute atomic E-state index is 0.213. The molecule has 5 rings (SSSR count). The van der Waals surface area contributed by atoms with Gasteiger partial charge < -0.3 is 18.8 Å². The van der Waals surface area contributed by atoms with Crippen molar-refractivity contribution in [3.8, 4) is 17.3 Å². The van der Waals surface area contributed by atoms with Crippen LogP contribution < -0.4 is 4.74 Å². The van der Waals surface area contributed by atoms with Crippen LogP contribution >= 0.6 is 15.9 Å². The number of fused-ring (bicyclic) bond motifs is 2. The van der Waals surface area contributed by atoms with E-state index in [-0.39, 0.29) is 6.04 Å². The van der Waals surface area contributed by atoms with Crippen molar-refractivity contribution in [2.45, 2.75) is 45.3 Å². The molecule has 0 saturated heterocycles. The number of esters is 1. The lowest BCUT2D eigenvalue weighted by atomic mass is 10.2. The molecular formula is C26H26BrN3O5. The zero-order valence-electron chi connectivity index (χ0n) is 20.2. The van der Waals surface area contributed by atoms with Crippen molar-refractivity contribution in [1.82, 2.24) is 14.1 Å². The normalized spacial score (nSPS) is 13.9. The summed E-state index contributed by atoms with van der Waals surface area (Å²) in [7, 11) is 2.90. The zero-order valence-corrected chi connectivity index (χ0v) is 21.8. The fourth-order valence-corrected chi connectivity index (χ4v) is 4.65. The van der Waals surface area contributed by atoms with Gasteiger partial charge in [-0.25, -0.2) is 19.1 Å². The number of carbonyl (C=O) groups excluding carboxylic acids is 2. The third kappa shape index (κ3) is 4.18. The number of imidazole rings is 1. The fraction of sp³-hybridized carbons (Fsp3) is 0.346. The molecule has 1 aliphatic rings. The summed E-state index contributed by atoms with van der Waals surface area (Å²) >= 11 is 3.52. The van der Waals surface area contributed by atoms with Crippen molar-refractivity contribution >= 4 is 49.9 Å². The Morgan fingerprint density at radius 2 is 1.83 bits per heavy atom. The number of hydrogen-bond donors (Lipinski definition) is 0. The lowest BCUT2D eigenvalue weighted by Crippen LogP contribution is -2.27. The van der Waals surface area contributed by atoms with Crippen LogP contribution in [-0.4, -0.2) is 46.0 Å². The molecule has 0 spiro atoms. The van der Waals surface area contributed by atoms with E-state index in [9.17, 15) is 9.59 Å². The quantitative estimate of drug-likeness (QED) is 0.281. The van der Waals surface area contributed by atoms with Crippen molar-refractivity contribution < 1.29 is 23.8 Å². The van der Waals surface area contributed by atoms with E-state index in [1.165, 1.54) is 7.11 Å². The van der Waals surface area contributed by atoms with Gasteiger partial charge in [0, 0.05) is 15.9 Å². The first-order valence-corrected chi connectivity index (χ1v) is 12.1. The van der Waals surface area contributed by atoms with Crippen LogP contribution in [0.25, 0.3) is 33.5 Å². The van der Waals surface area contributed by atoms with Crippen LogP contribution in [0.1, 0.15) is 50.0 Å². The highest BCUT2D eigenvalue weighted by molar-refractivity contribution is 9.10. The third-order valence-electron chi connectivity index (χ3n) is 5.87. The number of carbonyl (C=O) groups is 2. The van der Waals surface area contributed by atoms with Gasteiger partial charge in [-0.2, -0.15) is 0 Å². The largest absolute Gasteiger partial charge is 0.494 e. The number of rotatable bonds is 4. The number of halogens is 1. The van der Waals surface area contributed by atoms with Gasteiger partial charge in [-0.3, -0.25) is 0 Å². The molecule has 0 bridgehead atoms. The van der Waals surface area contributed by atoms with Crippen molar-refractivity contribution in [2.75, 3.05) is 14.2 Å². The predicted molar refractivity (Wildman–Crippen MR) is 136 cm³/mol. The molecule has 8 nitrogen and oxygen atoms in total. The number of ether oxygens (including phenoxy) is 3. The molecule has 0 N–H and O–H groups in total. The topological polar surface area (TPSA) is 84.6 Å². The minimum atomic E-state index is -0.674. The lowest BCUT2D eigenvalue weighted by molar-refractivity contribution is 0.0545. The van der Waals surface area contributed by atoms with Crippen LogP contribution in [0, 0.1) is 0 Å². The van der Waals surface area contributed by atoms with E-state index in [4.69, 9.17) is 19.2 Å².